The zero-order chi connectivity index (χ0) is 17.9. The van der Waals surface area contributed by atoms with Crippen LogP contribution in [0.3, 0.4) is 0 Å². The number of nitro groups is 1. The molecule has 0 heterocycles. The smallest absolute Gasteiger partial charge is 0.398 e. The van der Waals surface area contributed by atoms with Crippen molar-refractivity contribution in [3.05, 3.63) is 69.3 Å². The third-order valence-electron chi connectivity index (χ3n) is 3.20. The van der Waals surface area contributed by atoms with Crippen LogP contribution < -0.4 is 11.1 Å². The van der Waals surface area contributed by atoms with Crippen molar-refractivity contribution in [2.24, 2.45) is 0 Å². The number of nitro benzene ring substituents is 1. The number of halogens is 3. The molecule has 126 valence electrons. The van der Waals surface area contributed by atoms with Gasteiger partial charge < -0.3 is 11.1 Å². The van der Waals surface area contributed by atoms with Crippen molar-refractivity contribution < 1.29 is 22.9 Å². The Labute approximate surface area is 134 Å². The van der Waals surface area contributed by atoms with Gasteiger partial charge in [0.1, 0.15) is 0 Å². The largest absolute Gasteiger partial charge is 0.416 e. The molecule has 2 rings (SSSR count). The fraction of sp³-hybridized carbons (Fsp3) is 0.133. The summed E-state index contributed by atoms with van der Waals surface area (Å²) < 4.78 is 37.9. The molecule has 0 aliphatic rings. The number of non-ortho nitro benzene ring substituents is 1. The number of nitrogens with one attached hydrogen (secondary N) is 1. The summed E-state index contributed by atoms with van der Waals surface area (Å²) in [5.41, 5.74) is 4.62. The minimum absolute atomic E-state index is 0.0298. The van der Waals surface area contributed by atoms with Crippen molar-refractivity contribution in [3.8, 4) is 0 Å². The molecule has 9 heteroatoms. The molecule has 3 N–H and O–H groups in total. The molecular formula is C15H12F3N3O3. The van der Waals surface area contributed by atoms with Gasteiger partial charge in [-0.15, -0.1) is 0 Å². The first kappa shape index (κ1) is 17.3. The van der Waals surface area contributed by atoms with Crippen molar-refractivity contribution in [2.75, 3.05) is 5.73 Å². The Hall–Kier alpha value is -3.10. The maximum Gasteiger partial charge on any atom is 0.416 e. The van der Waals surface area contributed by atoms with Crippen LogP contribution in [0.25, 0.3) is 0 Å². The molecule has 2 aromatic rings. The summed E-state index contributed by atoms with van der Waals surface area (Å²) in [5.74, 6) is -0.714. The standard InChI is InChI=1S/C15H12F3N3O3/c16-15(17,18)10-3-1-2-9(6-10)8-20-14(22)12-7-11(21(23)24)4-5-13(12)19/h1-7H,8,19H2,(H,20,22). The molecular weight excluding hydrogens is 327 g/mol. The first-order valence-corrected chi connectivity index (χ1v) is 6.67. The monoisotopic (exact) mass is 339 g/mol. The van der Waals surface area contributed by atoms with Gasteiger partial charge in [0.25, 0.3) is 11.6 Å². The lowest BCUT2D eigenvalue weighted by molar-refractivity contribution is -0.384. The molecule has 0 aromatic heterocycles. The van der Waals surface area contributed by atoms with Crippen molar-refractivity contribution in [1.29, 1.82) is 0 Å². The number of amides is 1. The van der Waals surface area contributed by atoms with E-state index in [4.69, 9.17) is 5.73 Å². The Kier molecular flexibility index (Phi) is 4.72. The fourth-order valence-electron chi connectivity index (χ4n) is 1.99. The van der Waals surface area contributed by atoms with Gasteiger partial charge in [0.05, 0.1) is 16.1 Å². The van der Waals surface area contributed by atoms with Gasteiger partial charge in [-0.2, -0.15) is 13.2 Å². The number of carbonyl (C=O) groups is 1. The second kappa shape index (κ2) is 6.57. The summed E-state index contributed by atoms with van der Waals surface area (Å²) in [6.07, 6.45) is -4.48. The Morgan fingerprint density at radius 2 is 1.92 bits per heavy atom. The highest BCUT2D eigenvalue weighted by atomic mass is 19.4. The van der Waals surface area contributed by atoms with E-state index >= 15 is 0 Å². The predicted molar refractivity (Wildman–Crippen MR) is 80.1 cm³/mol. The lowest BCUT2D eigenvalue weighted by Gasteiger charge is -2.10. The Balaban J connectivity index is 2.14. The van der Waals surface area contributed by atoms with Crippen molar-refractivity contribution >= 4 is 17.3 Å². The Morgan fingerprint density at radius 3 is 2.54 bits per heavy atom. The molecule has 0 radical (unpaired) electrons. The molecule has 0 unspecified atom stereocenters. The number of rotatable bonds is 4. The quantitative estimate of drug-likeness (QED) is 0.508. The summed E-state index contributed by atoms with van der Waals surface area (Å²) in [4.78, 5) is 22.1. The van der Waals surface area contributed by atoms with Gasteiger partial charge in [0, 0.05) is 24.4 Å². The Morgan fingerprint density at radius 1 is 1.21 bits per heavy atom. The summed E-state index contributed by atoms with van der Waals surface area (Å²) >= 11 is 0. The van der Waals surface area contributed by atoms with Gasteiger partial charge in [0.2, 0.25) is 0 Å². The summed E-state index contributed by atoms with van der Waals surface area (Å²) in [6.45, 7) is -0.176. The molecule has 0 bridgehead atoms. The van der Waals surface area contributed by atoms with Crippen LogP contribution in [0.5, 0.6) is 0 Å². The molecule has 0 saturated heterocycles. The lowest BCUT2D eigenvalue weighted by Crippen LogP contribution is -2.24. The van der Waals surface area contributed by atoms with E-state index in [1.165, 1.54) is 18.2 Å². The van der Waals surface area contributed by atoms with Crippen LogP contribution in [0.4, 0.5) is 24.5 Å². The van der Waals surface area contributed by atoms with Crippen LogP contribution in [0.15, 0.2) is 42.5 Å². The molecule has 0 atom stereocenters. The van der Waals surface area contributed by atoms with E-state index in [-0.39, 0.29) is 29.0 Å². The number of hydrogen-bond donors (Lipinski definition) is 2. The zero-order valence-electron chi connectivity index (χ0n) is 12.1. The number of nitrogens with zero attached hydrogens (tertiary/aromatic N) is 1. The van der Waals surface area contributed by atoms with E-state index in [1.807, 2.05) is 0 Å². The fourth-order valence-corrected chi connectivity index (χ4v) is 1.99. The minimum Gasteiger partial charge on any atom is -0.398 e. The average molecular weight is 339 g/mol. The normalized spacial score (nSPS) is 11.1. The van der Waals surface area contributed by atoms with E-state index in [0.717, 1.165) is 24.3 Å². The van der Waals surface area contributed by atoms with Crippen LogP contribution >= 0.6 is 0 Å². The average Bonchev–Trinajstić information content (AvgIpc) is 2.52. The highest BCUT2D eigenvalue weighted by molar-refractivity contribution is 5.99. The number of carbonyl (C=O) groups excluding carboxylic acids is 1. The molecule has 0 spiro atoms. The number of nitrogen functional groups attached to an aromatic ring is 1. The summed E-state index contributed by atoms with van der Waals surface area (Å²) in [7, 11) is 0. The van der Waals surface area contributed by atoms with Crippen molar-refractivity contribution in [3.63, 3.8) is 0 Å². The molecule has 0 aliphatic carbocycles. The lowest BCUT2D eigenvalue weighted by atomic mass is 10.1. The van der Waals surface area contributed by atoms with E-state index in [0.29, 0.717) is 0 Å². The predicted octanol–water partition coefficient (Wildman–Crippen LogP) is 3.13. The molecule has 24 heavy (non-hydrogen) atoms. The highest BCUT2D eigenvalue weighted by Gasteiger charge is 2.30. The van der Waals surface area contributed by atoms with Gasteiger partial charge in [-0.3, -0.25) is 14.9 Å². The number of hydrogen-bond acceptors (Lipinski definition) is 4. The van der Waals surface area contributed by atoms with E-state index < -0.39 is 22.6 Å². The van der Waals surface area contributed by atoms with Crippen LogP contribution in [0.2, 0.25) is 0 Å². The second-order valence-electron chi connectivity index (χ2n) is 4.91. The molecule has 0 saturated carbocycles. The number of alkyl halides is 3. The number of anilines is 1. The molecule has 0 fully saturated rings. The van der Waals surface area contributed by atoms with Gasteiger partial charge in [-0.1, -0.05) is 12.1 Å². The van der Waals surface area contributed by atoms with Crippen LogP contribution in [0.1, 0.15) is 21.5 Å². The molecule has 1 amide bonds. The van der Waals surface area contributed by atoms with E-state index in [1.54, 1.807) is 0 Å². The maximum atomic E-state index is 12.6. The maximum absolute atomic E-state index is 12.6. The van der Waals surface area contributed by atoms with Gasteiger partial charge in [-0.05, 0) is 23.8 Å². The number of benzene rings is 2. The molecule has 2 aromatic carbocycles. The van der Waals surface area contributed by atoms with Crippen molar-refractivity contribution in [2.45, 2.75) is 12.7 Å². The van der Waals surface area contributed by atoms with Crippen LogP contribution in [-0.2, 0) is 12.7 Å². The van der Waals surface area contributed by atoms with Gasteiger partial charge in [0.15, 0.2) is 0 Å². The first-order chi connectivity index (χ1) is 11.2. The van der Waals surface area contributed by atoms with Crippen molar-refractivity contribution in [1.82, 2.24) is 5.32 Å². The second-order valence-corrected chi connectivity index (χ2v) is 4.91. The first-order valence-electron chi connectivity index (χ1n) is 6.67. The third kappa shape index (κ3) is 4.00. The SMILES string of the molecule is Nc1ccc([N+](=O)[O-])cc1C(=O)NCc1cccc(C(F)(F)F)c1. The van der Waals surface area contributed by atoms with Crippen LogP contribution in [-0.4, -0.2) is 10.8 Å². The minimum atomic E-state index is -4.48. The van der Waals surface area contributed by atoms with Crippen LogP contribution in [0, 0.1) is 10.1 Å². The zero-order valence-corrected chi connectivity index (χ0v) is 12.1. The summed E-state index contributed by atoms with van der Waals surface area (Å²) in [6, 6.07) is 7.87. The van der Waals surface area contributed by atoms with E-state index in [9.17, 15) is 28.1 Å². The number of nitrogens with two attached hydrogens (primary N) is 1. The highest BCUT2D eigenvalue weighted by Crippen LogP contribution is 2.29. The van der Waals surface area contributed by atoms with Gasteiger partial charge in [-0.25, -0.2) is 0 Å². The topological polar surface area (TPSA) is 98.3 Å². The third-order valence-corrected chi connectivity index (χ3v) is 3.20. The molecule has 0 aliphatic heterocycles. The summed E-state index contributed by atoms with van der Waals surface area (Å²) in [5, 5.41) is 13.1. The Bertz CT molecular complexity index is 791. The van der Waals surface area contributed by atoms with E-state index in [2.05, 4.69) is 5.32 Å². The van der Waals surface area contributed by atoms with Gasteiger partial charge >= 0.3 is 6.18 Å². The molecule has 6 nitrogen and oxygen atoms in total.